The molecular formula is C11H22N2O2. The molecule has 0 radical (unpaired) electrons. The highest BCUT2D eigenvalue weighted by atomic mass is 16.5. The molecule has 0 bridgehead atoms. The van der Waals surface area contributed by atoms with Crippen LogP contribution in [0.3, 0.4) is 0 Å². The predicted molar refractivity (Wildman–Crippen MR) is 59.5 cm³/mol. The molecule has 1 rings (SSSR count). The zero-order chi connectivity index (χ0) is 11.5. The Morgan fingerprint density at radius 2 is 2.13 bits per heavy atom. The quantitative estimate of drug-likeness (QED) is 0.754. The largest absolute Gasteiger partial charge is 0.375 e. The summed E-state index contributed by atoms with van der Waals surface area (Å²) in [5.41, 5.74) is 5.40. The van der Waals surface area contributed by atoms with Gasteiger partial charge in [-0.1, -0.05) is 13.8 Å². The number of ether oxygens (including phenoxy) is 1. The van der Waals surface area contributed by atoms with Crippen LogP contribution in [-0.2, 0) is 9.53 Å². The van der Waals surface area contributed by atoms with Crippen LogP contribution in [0.4, 0.5) is 0 Å². The summed E-state index contributed by atoms with van der Waals surface area (Å²) in [4.78, 5) is 14.0. The Bertz CT molecular complexity index is 227. The molecule has 1 aliphatic heterocycles. The average Bonchev–Trinajstić information content (AvgIpc) is 2.27. The van der Waals surface area contributed by atoms with Gasteiger partial charge in [0.2, 0.25) is 5.91 Å². The first kappa shape index (κ1) is 12.5. The van der Waals surface area contributed by atoms with E-state index in [4.69, 9.17) is 10.5 Å². The summed E-state index contributed by atoms with van der Waals surface area (Å²) in [6, 6.07) is 0. The molecule has 1 fully saturated rings. The molecule has 0 aliphatic carbocycles. The summed E-state index contributed by atoms with van der Waals surface area (Å²) >= 11 is 0. The summed E-state index contributed by atoms with van der Waals surface area (Å²) < 4.78 is 5.40. The highest BCUT2D eigenvalue weighted by Gasteiger charge is 2.35. The van der Waals surface area contributed by atoms with Crippen molar-refractivity contribution < 1.29 is 9.53 Å². The van der Waals surface area contributed by atoms with Crippen LogP contribution >= 0.6 is 0 Å². The van der Waals surface area contributed by atoms with Gasteiger partial charge in [-0.2, -0.15) is 0 Å². The van der Waals surface area contributed by atoms with E-state index in [1.54, 1.807) is 0 Å². The monoisotopic (exact) mass is 214 g/mol. The zero-order valence-electron chi connectivity index (χ0n) is 9.95. The lowest BCUT2D eigenvalue weighted by Crippen LogP contribution is -2.58. The average molecular weight is 214 g/mol. The Balaban J connectivity index is 2.66. The Morgan fingerprint density at radius 3 is 2.60 bits per heavy atom. The van der Waals surface area contributed by atoms with Gasteiger partial charge in [0, 0.05) is 13.1 Å². The Morgan fingerprint density at radius 1 is 1.53 bits per heavy atom. The van der Waals surface area contributed by atoms with E-state index in [0.717, 1.165) is 0 Å². The third kappa shape index (κ3) is 2.69. The summed E-state index contributed by atoms with van der Waals surface area (Å²) in [5.74, 6) is 0.0719. The maximum absolute atomic E-state index is 12.2. The van der Waals surface area contributed by atoms with Gasteiger partial charge in [-0.3, -0.25) is 4.79 Å². The van der Waals surface area contributed by atoms with E-state index in [-0.39, 0.29) is 12.0 Å². The van der Waals surface area contributed by atoms with Crippen molar-refractivity contribution in [3.63, 3.8) is 0 Å². The summed E-state index contributed by atoms with van der Waals surface area (Å²) in [7, 11) is 0. The van der Waals surface area contributed by atoms with Crippen molar-refractivity contribution in [2.45, 2.75) is 45.3 Å². The molecule has 0 saturated carbocycles. The van der Waals surface area contributed by atoms with Crippen LogP contribution in [-0.4, -0.2) is 42.1 Å². The standard InChI is InChI=1S/C11H22N2O2/c1-4-11(12,5-2)10(14)13-6-7-15-9(3)8-13/h9H,4-8,12H2,1-3H3. The Labute approximate surface area is 91.8 Å². The number of carbonyl (C=O) groups is 1. The van der Waals surface area contributed by atoms with Crippen LogP contribution in [0.1, 0.15) is 33.6 Å². The fourth-order valence-electron chi connectivity index (χ4n) is 1.87. The maximum Gasteiger partial charge on any atom is 0.242 e. The molecule has 2 N–H and O–H groups in total. The topological polar surface area (TPSA) is 55.6 Å². The molecule has 1 atom stereocenters. The Hall–Kier alpha value is -0.610. The lowest BCUT2D eigenvalue weighted by atomic mass is 9.92. The Kier molecular flexibility index (Phi) is 4.11. The van der Waals surface area contributed by atoms with Crippen LogP contribution in [0.2, 0.25) is 0 Å². The van der Waals surface area contributed by atoms with E-state index in [1.807, 2.05) is 25.7 Å². The van der Waals surface area contributed by atoms with Gasteiger partial charge in [0.1, 0.15) is 0 Å². The normalized spacial score (nSPS) is 22.9. The SMILES string of the molecule is CCC(N)(CC)C(=O)N1CCOC(C)C1. The zero-order valence-corrected chi connectivity index (χ0v) is 9.95. The minimum absolute atomic E-state index is 0.0719. The van der Waals surface area contributed by atoms with E-state index in [9.17, 15) is 4.79 Å². The first-order valence-electron chi connectivity index (χ1n) is 5.73. The molecule has 1 aliphatic rings. The summed E-state index contributed by atoms with van der Waals surface area (Å²) in [5, 5.41) is 0. The van der Waals surface area contributed by atoms with Crippen molar-refractivity contribution in [3.8, 4) is 0 Å². The lowest BCUT2D eigenvalue weighted by molar-refractivity contribution is -0.144. The fourth-order valence-corrected chi connectivity index (χ4v) is 1.87. The number of hydrogen-bond donors (Lipinski definition) is 1. The van der Waals surface area contributed by atoms with Crippen LogP contribution in [0.15, 0.2) is 0 Å². The molecule has 4 nitrogen and oxygen atoms in total. The smallest absolute Gasteiger partial charge is 0.242 e. The molecular weight excluding hydrogens is 192 g/mol. The van der Waals surface area contributed by atoms with Gasteiger partial charge in [-0.25, -0.2) is 0 Å². The molecule has 1 heterocycles. The van der Waals surface area contributed by atoms with Crippen LogP contribution in [0.5, 0.6) is 0 Å². The fraction of sp³-hybridized carbons (Fsp3) is 0.909. The number of rotatable bonds is 3. The van der Waals surface area contributed by atoms with E-state index in [1.165, 1.54) is 0 Å². The number of morpholine rings is 1. The first-order chi connectivity index (χ1) is 7.03. The maximum atomic E-state index is 12.2. The molecule has 0 spiro atoms. The number of carbonyl (C=O) groups excluding carboxylic acids is 1. The van der Waals surface area contributed by atoms with Gasteiger partial charge >= 0.3 is 0 Å². The molecule has 1 amide bonds. The summed E-state index contributed by atoms with van der Waals surface area (Å²) in [6.45, 7) is 7.86. The number of hydrogen-bond acceptors (Lipinski definition) is 3. The van der Waals surface area contributed by atoms with Crippen LogP contribution < -0.4 is 5.73 Å². The highest BCUT2D eigenvalue weighted by molar-refractivity contribution is 5.86. The minimum atomic E-state index is -0.683. The van der Waals surface area contributed by atoms with E-state index < -0.39 is 5.54 Å². The predicted octanol–water partition coefficient (Wildman–Crippen LogP) is 0.751. The molecule has 15 heavy (non-hydrogen) atoms. The van der Waals surface area contributed by atoms with Crippen molar-refractivity contribution in [1.29, 1.82) is 0 Å². The molecule has 1 unspecified atom stereocenters. The van der Waals surface area contributed by atoms with E-state index in [2.05, 4.69) is 0 Å². The van der Waals surface area contributed by atoms with Gasteiger partial charge in [-0.05, 0) is 19.8 Å². The van der Waals surface area contributed by atoms with Crippen LogP contribution in [0.25, 0.3) is 0 Å². The van der Waals surface area contributed by atoms with E-state index >= 15 is 0 Å². The van der Waals surface area contributed by atoms with Gasteiger partial charge in [0.15, 0.2) is 0 Å². The number of nitrogens with zero attached hydrogens (tertiary/aromatic N) is 1. The third-order valence-corrected chi connectivity index (χ3v) is 3.22. The highest BCUT2D eigenvalue weighted by Crippen LogP contribution is 2.17. The molecule has 0 aromatic heterocycles. The van der Waals surface area contributed by atoms with Crippen molar-refractivity contribution in [1.82, 2.24) is 4.90 Å². The van der Waals surface area contributed by atoms with Crippen molar-refractivity contribution in [2.24, 2.45) is 5.73 Å². The van der Waals surface area contributed by atoms with Gasteiger partial charge in [0.05, 0.1) is 18.2 Å². The van der Waals surface area contributed by atoms with Gasteiger partial charge < -0.3 is 15.4 Å². The number of nitrogens with two attached hydrogens (primary N) is 1. The summed E-state index contributed by atoms with van der Waals surface area (Å²) in [6.07, 6.45) is 1.50. The van der Waals surface area contributed by atoms with Crippen LogP contribution in [0, 0.1) is 0 Å². The van der Waals surface area contributed by atoms with Gasteiger partial charge in [0.25, 0.3) is 0 Å². The number of amides is 1. The van der Waals surface area contributed by atoms with Crippen molar-refractivity contribution in [3.05, 3.63) is 0 Å². The molecule has 88 valence electrons. The van der Waals surface area contributed by atoms with Crippen molar-refractivity contribution in [2.75, 3.05) is 19.7 Å². The second-order valence-corrected chi connectivity index (χ2v) is 4.30. The lowest BCUT2D eigenvalue weighted by Gasteiger charge is -2.37. The molecule has 0 aromatic rings. The molecule has 1 saturated heterocycles. The van der Waals surface area contributed by atoms with E-state index in [0.29, 0.717) is 32.5 Å². The van der Waals surface area contributed by atoms with Gasteiger partial charge in [-0.15, -0.1) is 0 Å². The molecule has 4 heteroatoms. The second-order valence-electron chi connectivity index (χ2n) is 4.30. The van der Waals surface area contributed by atoms with Crippen molar-refractivity contribution >= 4 is 5.91 Å². The molecule has 0 aromatic carbocycles. The second kappa shape index (κ2) is 4.94. The third-order valence-electron chi connectivity index (χ3n) is 3.22. The first-order valence-corrected chi connectivity index (χ1v) is 5.73. The minimum Gasteiger partial charge on any atom is -0.375 e.